The normalized spacial score (nSPS) is 21.9. The fourth-order valence-corrected chi connectivity index (χ4v) is 3.58. The number of carbonyl (C=O) groups excluding carboxylic acids is 1. The van der Waals surface area contributed by atoms with Crippen molar-refractivity contribution >= 4 is 17.6 Å². The summed E-state index contributed by atoms with van der Waals surface area (Å²) in [6.45, 7) is 0.455. The van der Waals surface area contributed by atoms with E-state index < -0.39 is 6.29 Å². The molecule has 1 heterocycles. The number of phenols is 1. The Morgan fingerprint density at radius 2 is 1.90 bits per heavy atom. The van der Waals surface area contributed by atoms with E-state index in [9.17, 15) is 9.90 Å². The van der Waals surface area contributed by atoms with Crippen molar-refractivity contribution in [1.29, 1.82) is 0 Å². The van der Waals surface area contributed by atoms with Gasteiger partial charge in [0.1, 0.15) is 5.75 Å². The molecule has 3 rings (SSSR count). The van der Waals surface area contributed by atoms with Gasteiger partial charge in [-0.05, 0) is 25.0 Å². The number of hydrogen-bond donors (Lipinski definition) is 1. The van der Waals surface area contributed by atoms with Crippen LogP contribution in [0.3, 0.4) is 0 Å². The minimum Gasteiger partial charge on any atom is -0.508 e. The monoisotopic (exact) mass is 416 g/mol. The number of benzene rings is 2. The molecule has 2 aromatic carbocycles. The van der Waals surface area contributed by atoms with E-state index in [4.69, 9.17) is 21.1 Å². The van der Waals surface area contributed by atoms with Crippen molar-refractivity contribution in [2.75, 3.05) is 13.7 Å². The second-order valence-electron chi connectivity index (χ2n) is 6.88. The molecule has 1 saturated heterocycles. The number of allylic oxidation sites excluding steroid dienone is 2. The molecule has 3 atom stereocenters. The van der Waals surface area contributed by atoms with Gasteiger partial charge in [0.2, 0.25) is 0 Å². The lowest BCUT2D eigenvalue weighted by Gasteiger charge is -2.37. The second-order valence-corrected chi connectivity index (χ2v) is 7.29. The largest absolute Gasteiger partial charge is 0.508 e. The van der Waals surface area contributed by atoms with Gasteiger partial charge < -0.3 is 19.3 Å². The first-order valence-corrected chi connectivity index (χ1v) is 9.99. The van der Waals surface area contributed by atoms with Crippen LogP contribution in [-0.4, -0.2) is 24.8 Å². The molecule has 0 amide bonds. The van der Waals surface area contributed by atoms with Gasteiger partial charge in [0.15, 0.2) is 6.29 Å². The van der Waals surface area contributed by atoms with Crippen LogP contribution in [0.15, 0.2) is 60.7 Å². The molecule has 6 heteroatoms. The van der Waals surface area contributed by atoms with Crippen molar-refractivity contribution in [2.45, 2.75) is 31.7 Å². The van der Waals surface area contributed by atoms with Gasteiger partial charge in [0, 0.05) is 28.5 Å². The van der Waals surface area contributed by atoms with Gasteiger partial charge >= 0.3 is 5.97 Å². The summed E-state index contributed by atoms with van der Waals surface area (Å²) in [7, 11) is 1.38. The SMILES string of the molecule is COC(=O)CC/C=C\C[C@H]1CO[C@@H](c2ccccc2Cl)O[C@H]1c1ccccc1O. The van der Waals surface area contributed by atoms with Crippen molar-refractivity contribution in [3.05, 3.63) is 76.8 Å². The van der Waals surface area contributed by atoms with E-state index in [1.807, 2.05) is 42.5 Å². The Kier molecular flexibility index (Phi) is 7.69. The summed E-state index contributed by atoms with van der Waals surface area (Å²) < 4.78 is 16.9. The molecule has 0 radical (unpaired) electrons. The third kappa shape index (κ3) is 5.60. The number of hydrogen-bond acceptors (Lipinski definition) is 5. The summed E-state index contributed by atoms with van der Waals surface area (Å²) in [4.78, 5) is 11.2. The zero-order valence-electron chi connectivity index (χ0n) is 16.3. The molecule has 1 aliphatic heterocycles. The number of esters is 1. The minimum absolute atomic E-state index is 0.0106. The van der Waals surface area contributed by atoms with Crippen molar-refractivity contribution in [1.82, 2.24) is 0 Å². The topological polar surface area (TPSA) is 65.0 Å². The Hall–Kier alpha value is -2.34. The maximum absolute atomic E-state index is 11.2. The van der Waals surface area contributed by atoms with Crippen LogP contribution in [0.4, 0.5) is 0 Å². The lowest BCUT2D eigenvalue weighted by Crippen LogP contribution is -2.30. The van der Waals surface area contributed by atoms with Gasteiger partial charge in [-0.25, -0.2) is 0 Å². The number of ether oxygens (including phenoxy) is 3. The van der Waals surface area contributed by atoms with Gasteiger partial charge in [0.05, 0.1) is 19.8 Å². The fourth-order valence-electron chi connectivity index (χ4n) is 3.35. The summed E-state index contributed by atoms with van der Waals surface area (Å²) in [6, 6.07) is 14.6. The first kappa shape index (κ1) is 21.4. The Labute approximate surface area is 175 Å². The molecular weight excluding hydrogens is 392 g/mol. The highest BCUT2D eigenvalue weighted by atomic mass is 35.5. The summed E-state index contributed by atoms with van der Waals surface area (Å²) in [6.07, 6.45) is 4.67. The van der Waals surface area contributed by atoms with Gasteiger partial charge in [-0.3, -0.25) is 4.79 Å². The number of rotatable bonds is 7. The lowest BCUT2D eigenvalue weighted by molar-refractivity contribution is -0.244. The summed E-state index contributed by atoms with van der Waals surface area (Å²) in [5, 5.41) is 11.0. The lowest BCUT2D eigenvalue weighted by atomic mass is 9.91. The molecule has 1 N–H and O–H groups in total. The Morgan fingerprint density at radius 1 is 1.17 bits per heavy atom. The zero-order valence-corrected chi connectivity index (χ0v) is 17.0. The van der Waals surface area contributed by atoms with E-state index in [0.29, 0.717) is 30.9 Å². The van der Waals surface area contributed by atoms with E-state index >= 15 is 0 Å². The Balaban J connectivity index is 1.74. The first-order valence-electron chi connectivity index (χ1n) is 9.61. The van der Waals surface area contributed by atoms with E-state index in [2.05, 4.69) is 4.74 Å². The van der Waals surface area contributed by atoms with Crippen molar-refractivity contribution < 1.29 is 24.1 Å². The third-order valence-electron chi connectivity index (χ3n) is 4.91. The predicted molar refractivity (Wildman–Crippen MR) is 111 cm³/mol. The molecule has 0 spiro atoms. The standard InChI is InChI=1S/C23H25ClO5/c1-27-21(26)14-4-2-3-9-16-15-28-23(17-10-5-7-12-19(17)24)29-22(16)18-11-6-8-13-20(18)25/h2-3,5-8,10-13,16,22-23,25H,4,9,14-15H2,1H3/b3-2-/t16-,22+,23+/m0/s1. The number of para-hydroxylation sites is 1. The molecule has 0 aromatic heterocycles. The number of halogens is 1. The first-order chi connectivity index (χ1) is 14.1. The molecule has 0 aliphatic carbocycles. The van der Waals surface area contributed by atoms with Crippen LogP contribution in [0, 0.1) is 5.92 Å². The van der Waals surface area contributed by atoms with Crippen LogP contribution in [0.1, 0.15) is 42.8 Å². The molecule has 154 valence electrons. The molecular formula is C23H25ClO5. The molecule has 1 aliphatic rings. The molecule has 0 saturated carbocycles. The third-order valence-corrected chi connectivity index (χ3v) is 5.25. The second kappa shape index (κ2) is 10.4. The van der Waals surface area contributed by atoms with Crippen LogP contribution in [-0.2, 0) is 19.0 Å². The fraction of sp³-hybridized carbons (Fsp3) is 0.348. The minimum atomic E-state index is -0.604. The number of phenolic OH excluding ortho intramolecular Hbond substituents is 1. The van der Waals surface area contributed by atoms with Crippen molar-refractivity contribution in [2.24, 2.45) is 5.92 Å². The van der Waals surface area contributed by atoms with Crippen LogP contribution in [0.5, 0.6) is 5.75 Å². The summed E-state index contributed by atoms with van der Waals surface area (Å²) >= 11 is 6.32. The van der Waals surface area contributed by atoms with Crippen molar-refractivity contribution in [3.63, 3.8) is 0 Å². The van der Waals surface area contributed by atoms with Gasteiger partial charge in [0.25, 0.3) is 0 Å². The Morgan fingerprint density at radius 3 is 2.62 bits per heavy atom. The molecule has 0 unspecified atom stereocenters. The molecule has 2 aromatic rings. The Bertz CT molecular complexity index is 851. The van der Waals surface area contributed by atoms with Crippen LogP contribution >= 0.6 is 11.6 Å². The number of aromatic hydroxyl groups is 1. The van der Waals surface area contributed by atoms with Crippen LogP contribution in [0.2, 0.25) is 5.02 Å². The molecule has 0 bridgehead atoms. The smallest absolute Gasteiger partial charge is 0.305 e. The predicted octanol–water partition coefficient (Wildman–Crippen LogP) is 5.35. The van der Waals surface area contributed by atoms with Crippen LogP contribution < -0.4 is 0 Å². The maximum atomic E-state index is 11.2. The van der Waals surface area contributed by atoms with Crippen molar-refractivity contribution in [3.8, 4) is 5.75 Å². The zero-order chi connectivity index (χ0) is 20.6. The van der Waals surface area contributed by atoms with Gasteiger partial charge in [-0.1, -0.05) is 60.2 Å². The number of carbonyl (C=O) groups is 1. The van der Waals surface area contributed by atoms with E-state index in [-0.39, 0.29) is 23.7 Å². The average Bonchev–Trinajstić information content (AvgIpc) is 2.74. The highest BCUT2D eigenvalue weighted by Crippen LogP contribution is 2.43. The average molecular weight is 417 g/mol. The van der Waals surface area contributed by atoms with E-state index in [0.717, 1.165) is 11.1 Å². The molecule has 29 heavy (non-hydrogen) atoms. The van der Waals surface area contributed by atoms with Gasteiger partial charge in [-0.15, -0.1) is 0 Å². The van der Waals surface area contributed by atoms with E-state index in [1.54, 1.807) is 18.2 Å². The molecule has 1 fully saturated rings. The highest BCUT2D eigenvalue weighted by molar-refractivity contribution is 6.31. The quantitative estimate of drug-likeness (QED) is 0.487. The maximum Gasteiger partial charge on any atom is 0.305 e. The molecule has 5 nitrogen and oxygen atoms in total. The summed E-state index contributed by atoms with van der Waals surface area (Å²) in [5.41, 5.74) is 1.49. The number of methoxy groups -OCH3 is 1. The highest BCUT2D eigenvalue weighted by Gasteiger charge is 2.35. The van der Waals surface area contributed by atoms with Crippen LogP contribution in [0.25, 0.3) is 0 Å². The van der Waals surface area contributed by atoms with Gasteiger partial charge in [-0.2, -0.15) is 0 Å². The van der Waals surface area contributed by atoms with E-state index in [1.165, 1.54) is 7.11 Å². The summed E-state index contributed by atoms with van der Waals surface area (Å²) in [5.74, 6) is -0.0259.